The van der Waals surface area contributed by atoms with E-state index in [1.807, 2.05) is 18.2 Å². The predicted octanol–water partition coefficient (Wildman–Crippen LogP) is 3.43. The Morgan fingerprint density at radius 3 is 3.03 bits per heavy atom. The van der Waals surface area contributed by atoms with Crippen LogP contribution in [0, 0.1) is 0 Å². The van der Waals surface area contributed by atoms with E-state index in [4.69, 9.17) is 9.15 Å². The van der Waals surface area contributed by atoms with Crippen molar-refractivity contribution in [3.05, 3.63) is 70.7 Å². The molecule has 7 heteroatoms. The molecule has 0 amide bonds. The molecule has 1 atom stereocenters. The van der Waals surface area contributed by atoms with Crippen LogP contribution in [-0.2, 0) is 0 Å². The highest BCUT2D eigenvalue weighted by molar-refractivity contribution is 5.74. The van der Waals surface area contributed by atoms with Crippen LogP contribution in [0.3, 0.4) is 0 Å². The van der Waals surface area contributed by atoms with Gasteiger partial charge in [-0.15, -0.1) is 0 Å². The summed E-state index contributed by atoms with van der Waals surface area (Å²) in [4.78, 5) is 21.1. The average molecular weight is 418 g/mol. The molecule has 1 saturated heterocycles. The number of hydrogen-bond acceptors (Lipinski definition) is 6. The van der Waals surface area contributed by atoms with Crippen molar-refractivity contribution in [1.82, 2.24) is 20.2 Å². The van der Waals surface area contributed by atoms with E-state index in [2.05, 4.69) is 38.4 Å². The predicted molar refractivity (Wildman–Crippen MR) is 120 cm³/mol. The lowest BCUT2D eigenvalue weighted by Gasteiger charge is -2.36. The zero-order chi connectivity index (χ0) is 21.0. The van der Waals surface area contributed by atoms with Gasteiger partial charge in [0.05, 0.1) is 18.9 Å². The number of ether oxygens (including phenoxy) is 1. The highest BCUT2D eigenvalue weighted by Crippen LogP contribution is 2.35. The SMILES string of the molecule is O=c1ccc2ccc(OCCCCN3CCNCC3c3ccc4cccoc3-4)nc2[nH]1. The molecule has 160 valence electrons. The van der Waals surface area contributed by atoms with Crippen LogP contribution >= 0.6 is 0 Å². The maximum Gasteiger partial charge on any atom is 0.249 e. The van der Waals surface area contributed by atoms with E-state index in [1.165, 1.54) is 11.6 Å². The Morgan fingerprint density at radius 1 is 1.13 bits per heavy atom. The molecule has 3 aliphatic rings. The summed E-state index contributed by atoms with van der Waals surface area (Å²) in [6, 6.07) is 15.7. The molecule has 7 nitrogen and oxygen atoms in total. The highest BCUT2D eigenvalue weighted by atomic mass is 16.5. The van der Waals surface area contributed by atoms with E-state index in [9.17, 15) is 4.79 Å². The first-order valence-electron chi connectivity index (χ1n) is 10.8. The Bertz CT molecular complexity index is 1180. The maximum atomic E-state index is 11.5. The van der Waals surface area contributed by atoms with Crippen LogP contribution in [0.15, 0.2) is 64.0 Å². The van der Waals surface area contributed by atoms with Crippen molar-refractivity contribution in [3.63, 3.8) is 0 Å². The van der Waals surface area contributed by atoms with E-state index in [-0.39, 0.29) is 5.56 Å². The van der Waals surface area contributed by atoms with Crippen molar-refractivity contribution in [2.45, 2.75) is 18.9 Å². The van der Waals surface area contributed by atoms with Crippen molar-refractivity contribution < 1.29 is 9.15 Å². The molecule has 1 aliphatic carbocycles. The van der Waals surface area contributed by atoms with E-state index in [0.29, 0.717) is 24.2 Å². The lowest BCUT2D eigenvalue weighted by Crippen LogP contribution is -2.46. The largest absolute Gasteiger partial charge is 0.478 e. The summed E-state index contributed by atoms with van der Waals surface area (Å²) in [6.07, 6.45) is 3.73. The number of nitrogens with zero attached hydrogens (tertiary/aromatic N) is 2. The lowest BCUT2D eigenvalue weighted by molar-refractivity contribution is 0.155. The molecular formula is C24H26N4O3. The van der Waals surface area contributed by atoms with Crippen LogP contribution < -0.4 is 15.6 Å². The number of rotatable bonds is 7. The van der Waals surface area contributed by atoms with Crippen LogP contribution in [0.2, 0.25) is 0 Å². The van der Waals surface area contributed by atoms with Gasteiger partial charge in [0.15, 0.2) is 0 Å². The minimum Gasteiger partial charge on any atom is -0.478 e. The van der Waals surface area contributed by atoms with Gasteiger partial charge in [-0.25, -0.2) is 0 Å². The van der Waals surface area contributed by atoms with Gasteiger partial charge in [-0.1, -0.05) is 12.1 Å². The number of hydrogen-bond donors (Lipinski definition) is 2. The van der Waals surface area contributed by atoms with Crippen LogP contribution in [0.1, 0.15) is 24.4 Å². The molecule has 31 heavy (non-hydrogen) atoms. The molecule has 0 aromatic carbocycles. The van der Waals surface area contributed by atoms with Crippen molar-refractivity contribution in [2.24, 2.45) is 0 Å². The Balaban J connectivity index is 1.16. The monoisotopic (exact) mass is 418 g/mol. The quantitative estimate of drug-likeness (QED) is 0.448. The van der Waals surface area contributed by atoms with Gasteiger partial charge < -0.3 is 19.5 Å². The topological polar surface area (TPSA) is 83.4 Å². The Hall–Kier alpha value is -3.16. The van der Waals surface area contributed by atoms with Gasteiger partial charge in [0.2, 0.25) is 11.4 Å². The van der Waals surface area contributed by atoms with E-state index in [1.54, 1.807) is 12.3 Å². The summed E-state index contributed by atoms with van der Waals surface area (Å²) >= 11 is 0. The molecule has 5 rings (SSSR count). The molecule has 0 spiro atoms. The summed E-state index contributed by atoms with van der Waals surface area (Å²) in [5.41, 5.74) is 2.81. The molecule has 2 aliphatic heterocycles. The summed E-state index contributed by atoms with van der Waals surface area (Å²) in [5.74, 6) is 1.53. The number of unbranched alkanes of at least 4 members (excludes halogenated alkanes) is 1. The second-order valence-electron chi connectivity index (χ2n) is 7.91. The molecule has 2 N–H and O–H groups in total. The number of H-pyrrole nitrogens is 1. The molecule has 0 radical (unpaired) electrons. The van der Waals surface area contributed by atoms with Gasteiger partial charge >= 0.3 is 0 Å². The van der Waals surface area contributed by atoms with Crippen LogP contribution in [-0.4, -0.2) is 47.7 Å². The van der Waals surface area contributed by atoms with Gasteiger partial charge in [-0.3, -0.25) is 9.69 Å². The van der Waals surface area contributed by atoms with E-state index in [0.717, 1.165) is 55.7 Å². The highest BCUT2D eigenvalue weighted by Gasteiger charge is 2.27. The minimum atomic E-state index is -0.159. The molecule has 1 unspecified atom stereocenters. The van der Waals surface area contributed by atoms with Gasteiger partial charge in [0.1, 0.15) is 11.4 Å². The lowest BCUT2D eigenvalue weighted by atomic mass is 10.0. The van der Waals surface area contributed by atoms with Gasteiger partial charge in [0, 0.05) is 48.3 Å². The van der Waals surface area contributed by atoms with E-state index < -0.39 is 0 Å². The first-order valence-corrected chi connectivity index (χ1v) is 10.8. The Morgan fingerprint density at radius 2 is 2.06 bits per heavy atom. The second kappa shape index (κ2) is 8.91. The normalized spacial score (nSPS) is 17.4. The molecular weight excluding hydrogens is 392 g/mol. The third-order valence-corrected chi connectivity index (χ3v) is 5.87. The maximum absolute atomic E-state index is 11.5. The first kappa shape index (κ1) is 19.8. The van der Waals surface area contributed by atoms with E-state index >= 15 is 0 Å². The second-order valence-corrected chi connectivity index (χ2v) is 7.91. The summed E-state index contributed by atoms with van der Waals surface area (Å²) in [6.45, 7) is 4.56. The number of aromatic nitrogens is 2. The Labute approximate surface area is 180 Å². The molecule has 0 bridgehead atoms. The van der Waals surface area contributed by atoms with Crippen molar-refractivity contribution in [2.75, 3.05) is 32.8 Å². The first-order chi connectivity index (χ1) is 15.3. The average Bonchev–Trinajstić information content (AvgIpc) is 3.23. The fourth-order valence-electron chi connectivity index (χ4n) is 4.28. The number of nitrogens with one attached hydrogen (secondary N) is 2. The number of piperazine rings is 1. The molecule has 2 aromatic heterocycles. The minimum absolute atomic E-state index is 0.159. The van der Waals surface area contributed by atoms with Crippen LogP contribution in [0.5, 0.6) is 5.88 Å². The number of aromatic amines is 1. The number of fused-ring (bicyclic) bond motifs is 2. The summed E-state index contributed by atoms with van der Waals surface area (Å²) in [5, 5.41) is 4.41. The molecule has 0 saturated carbocycles. The number of pyridine rings is 2. The summed E-state index contributed by atoms with van der Waals surface area (Å²) in [7, 11) is 0. The van der Waals surface area contributed by atoms with Gasteiger partial charge in [-0.05, 0) is 43.7 Å². The Kier molecular flexibility index (Phi) is 5.69. The molecule has 4 heterocycles. The summed E-state index contributed by atoms with van der Waals surface area (Å²) < 4.78 is 11.6. The zero-order valence-corrected chi connectivity index (χ0v) is 17.3. The third-order valence-electron chi connectivity index (χ3n) is 5.87. The van der Waals surface area contributed by atoms with Gasteiger partial charge in [0.25, 0.3) is 0 Å². The molecule has 2 aromatic rings. The standard InChI is InChI=1S/C24H26N4O3/c29-21-9-6-18-7-10-22(27-24(18)26-21)30-14-2-1-12-28-13-11-25-16-20(28)19-8-5-17-4-3-15-31-23(17)19/h3-10,15,20,25H,1-2,11-14,16H2,(H,26,27,29). The third kappa shape index (κ3) is 4.33. The van der Waals surface area contributed by atoms with Crippen molar-refractivity contribution in [1.29, 1.82) is 0 Å². The fourth-order valence-corrected chi connectivity index (χ4v) is 4.28. The van der Waals surface area contributed by atoms with Crippen molar-refractivity contribution in [3.8, 4) is 17.2 Å². The van der Waals surface area contributed by atoms with Gasteiger partial charge in [-0.2, -0.15) is 4.98 Å². The molecule has 1 fully saturated rings. The fraction of sp³-hybridized carbons (Fsp3) is 0.333. The smallest absolute Gasteiger partial charge is 0.249 e. The van der Waals surface area contributed by atoms with Crippen LogP contribution in [0.4, 0.5) is 0 Å². The van der Waals surface area contributed by atoms with Crippen molar-refractivity contribution >= 4 is 11.0 Å². The van der Waals surface area contributed by atoms with Crippen LogP contribution in [0.25, 0.3) is 22.4 Å². The zero-order valence-electron chi connectivity index (χ0n) is 17.3.